The number of rotatable bonds is 11. The maximum absolute atomic E-state index is 13.1. The van der Waals surface area contributed by atoms with Crippen LogP contribution >= 0.6 is 11.6 Å². The lowest BCUT2D eigenvalue weighted by Crippen LogP contribution is -2.41. The molecule has 0 radical (unpaired) electrons. The van der Waals surface area contributed by atoms with Gasteiger partial charge in [0.15, 0.2) is 0 Å². The molecule has 11 nitrogen and oxygen atoms in total. The molecule has 190 valence electrons. The van der Waals surface area contributed by atoms with Crippen molar-refractivity contribution in [3.63, 3.8) is 0 Å². The Morgan fingerprint density at radius 1 is 1.11 bits per heavy atom. The van der Waals surface area contributed by atoms with Gasteiger partial charge in [0.2, 0.25) is 5.91 Å². The lowest BCUT2D eigenvalue weighted by atomic mass is 9.80. The molecule has 2 rings (SSSR count). The van der Waals surface area contributed by atoms with E-state index in [4.69, 9.17) is 31.5 Å². The van der Waals surface area contributed by atoms with E-state index < -0.39 is 29.8 Å². The van der Waals surface area contributed by atoms with Crippen molar-refractivity contribution in [1.82, 2.24) is 16.0 Å². The number of carbonyl (C=O) groups is 4. The Bertz CT molecular complexity index is 1040. The average molecular weight is 509 g/mol. The van der Waals surface area contributed by atoms with Gasteiger partial charge in [0.05, 0.1) is 56.2 Å². The number of dihydropyridines is 1. The van der Waals surface area contributed by atoms with Gasteiger partial charge < -0.3 is 35.9 Å². The maximum Gasteiger partial charge on any atom is 0.336 e. The number of esters is 2. The van der Waals surface area contributed by atoms with E-state index in [9.17, 15) is 19.2 Å². The zero-order valence-corrected chi connectivity index (χ0v) is 20.5. The molecule has 12 heteroatoms. The number of urea groups is 1. The first-order valence-corrected chi connectivity index (χ1v) is 11.2. The average Bonchev–Trinajstić information content (AvgIpc) is 2.82. The molecule has 1 aliphatic rings. The Morgan fingerprint density at radius 3 is 2.46 bits per heavy atom. The zero-order valence-electron chi connectivity index (χ0n) is 19.7. The highest BCUT2D eigenvalue weighted by Crippen LogP contribution is 2.41. The van der Waals surface area contributed by atoms with Gasteiger partial charge in [-0.2, -0.15) is 0 Å². The summed E-state index contributed by atoms with van der Waals surface area (Å²) in [5.41, 5.74) is 6.75. The van der Waals surface area contributed by atoms with Crippen molar-refractivity contribution in [3.05, 3.63) is 57.4 Å². The van der Waals surface area contributed by atoms with Gasteiger partial charge in [0.1, 0.15) is 0 Å². The van der Waals surface area contributed by atoms with E-state index in [1.165, 1.54) is 7.11 Å². The van der Waals surface area contributed by atoms with Crippen LogP contribution in [0.3, 0.4) is 0 Å². The number of ether oxygens (including phenoxy) is 3. The van der Waals surface area contributed by atoms with E-state index in [0.29, 0.717) is 22.0 Å². The molecule has 35 heavy (non-hydrogen) atoms. The number of hydrogen-bond donors (Lipinski definition) is 4. The number of halogens is 1. The van der Waals surface area contributed by atoms with Gasteiger partial charge in [-0.05, 0) is 25.5 Å². The number of carbonyl (C=O) groups excluding carboxylic acids is 4. The van der Waals surface area contributed by atoms with Crippen molar-refractivity contribution < 1.29 is 33.4 Å². The van der Waals surface area contributed by atoms with E-state index in [-0.39, 0.29) is 44.1 Å². The molecule has 1 aromatic rings. The van der Waals surface area contributed by atoms with Crippen LogP contribution in [0.1, 0.15) is 25.3 Å². The monoisotopic (exact) mass is 508 g/mol. The van der Waals surface area contributed by atoms with E-state index in [1.54, 1.807) is 38.1 Å². The van der Waals surface area contributed by atoms with Gasteiger partial charge in [0.25, 0.3) is 0 Å². The van der Waals surface area contributed by atoms with E-state index in [1.807, 2.05) is 0 Å². The predicted molar refractivity (Wildman–Crippen MR) is 127 cm³/mol. The molecular formula is C23H29ClN4O7. The summed E-state index contributed by atoms with van der Waals surface area (Å²) in [5.74, 6) is -2.77. The number of hydrogen-bond acceptors (Lipinski definition) is 8. The summed E-state index contributed by atoms with van der Waals surface area (Å²) >= 11 is 6.46. The minimum Gasteiger partial charge on any atom is -0.466 e. The second kappa shape index (κ2) is 13.4. The smallest absolute Gasteiger partial charge is 0.336 e. The van der Waals surface area contributed by atoms with Crippen molar-refractivity contribution in [3.8, 4) is 0 Å². The van der Waals surface area contributed by atoms with Crippen molar-refractivity contribution in [2.24, 2.45) is 5.73 Å². The summed E-state index contributed by atoms with van der Waals surface area (Å²) in [6, 6.07) is 6.31. The number of methoxy groups -OCH3 is 1. The summed E-state index contributed by atoms with van der Waals surface area (Å²) in [6.07, 6.45) is 0. The van der Waals surface area contributed by atoms with Crippen LogP contribution in [-0.2, 0) is 28.6 Å². The number of primary amides is 1. The van der Waals surface area contributed by atoms with Crippen molar-refractivity contribution in [1.29, 1.82) is 0 Å². The number of amides is 3. The van der Waals surface area contributed by atoms with Gasteiger partial charge in [-0.3, -0.25) is 4.79 Å². The molecule has 0 bridgehead atoms. The lowest BCUT2D eigenvalue weighted by molar-refractivity contribution is -0.139. The lowest BCUT2D eigenvalue weighted by Gasteiger charge is -2.31. The number of nitrogens with one attached hydrogen (secondary N) is 3. The second-order valence-electron chi connectivity index (χ2n) is 7.35. The van der Waals surface area contributed by atoms with Crippen LogP contribution in [0.15, 0.2) is 46.8 Å². The normalized spacial score (nSPS) is 15.3. The molecule has 0 spiro atoms. The van der Waals surface area contributed by atoms with Crippen molar-refractivity contribution in [2.45, 2.75) is 19.8 Å². The van der Waals surface area contributed by atoms with Gasteiger partial charge in [-0.25, -0.2) is 14.4 Å². The highest BCUT2D eigenvalue weighted by Gasteiger charge is 2.39. The largest absolute Gasteiger partial charge is 0.466 e. The molecule has 1 heterocycles. The fourth-order valence-corrected chi connectivity index (χ4v) is 3.75. The van der Waals surface area contributed by atoms with Crippen LogP contribution in [0.4, 0.5) is 4.79 Å². The Labute approximate surface area is 208 Å². The molecule has 1 aromatic carbocycles. The van der Waals surface area contributed by atoms with Gasteiger partial charge in [0, 0.05) is 17.3 Å². The topological polar surface area (TPSA) is 158 Å². The second-order valence-corrected chi connectivity index (χ2v) is 7.76. The van der Waals surface area contributed by atoms with Crippen LogP contribution in [0.2, 0.25) is 5.02 Å². The summed E-state index contributed by atoms with van der Waals surface area (Å²) in [7, 11) is 1.26. The third-order valence-electron chi connectivity index (χ3n) is 4.96. The van der Waals surface area contributed by atoms with Crippen LogP contribution < -0.4 is 21.7 Å². The molecule has 1 aliphatic heterocycles. The molecule has 3 amide bonds. The summed E-state index contributed by atoms with van der Waals surface area (Å²) in [5, 5.41) is 8.22. The van der Waals surface area contributed by atoms with Crippen molar-refractivity contribution in [2.75, 3.05) is 40.0 Å². The fraction of sp³-hybridized carbons (Fsp3) is 0.391. The molecule has 0 fully saturated rings. The highest BCUT2D eigenvalue weighted by molar-refractivity contribution is 6.31. The standard InChI is InChI=1S/C23H29ClN4O7/c1-4-35-22(31)20-16(12-34-10-9-26-23(32)27-11-17(25)29)28-13(2)18(21(30)33-3)19(20)14-7-5-6-8-15(14)24/h5-8,19,28H,4,9-12H2,1-3H3,(H2,25,29)(H2,26,27,32). The van der Waals surface area contributed by atoms with Gasteiger partial charge in [-0.15, -0.1) is 0 Å². The fourth-order valence-electron chi connectivity index (χ4n) is 3.50. The zero-order chi connectivity index (χ0) is 26.0. The molecular weight excluding hydrogens is 480 g/mol. The molecule has 5 N–H and O–H groups in total. The molecule has 0 saturated heterocycles. The summed E-state index contributed by atoms with van der Waals surface area (Å²) < 4.78 is 15.9. The molecule has 1 atom stereocenters. The highest BCUT2D eigenvalue weighted by atomic mass is 35.5. The quantitative estimate of drug-likeness (QED) is 0.255. The maximum atomic E-state index is 13.1. The Balaban J connectivity index is 2.31. The van der Waals surface area contributed by atoms with Crippen LogP contribution in [0, 0.1) is 0 Å². The summed E-state index contributed by atoms with van der Waals surface area (Å²) in [4.78, 5) is 48.1. The van der Waals surface area contributed by atoms with Crippen LogP contribution in [0.25, 0.3) is 0 Å². The Hall–Kier alpha value is -3.57. The summed E-state index contributed by atoms with van der Waals surface area (Å²) in [6.45, 7) is 3.36. The SMILES string of the molecule is CCOC(=O)C1=C(COCCNC(=O)NCC(N)=O)NC(C)=C(C(=O)OC)C1c1ccccc1Cl. The first-order valence-electron chi connectivity index (χ1n) is 10.8. The first-order chi connectivity index (χ1) is 16.7. The number of nitrogens with two attached hydrogens (primary N) is 1. The van der Waals surface area contributed by atoms with E-state index >= 15 is 0 Å². The third-order valence-corrected chi connectivity index (χ3v) is 5.31. The minimum absolute atomic E-state index is 0.0501. The predicted octanol–water partition coefficient (Wildman–Crippen LogP) is 1.09. The number of benzene rings is 1. The Morgan fingerprint density at radius 2 is 1.83 bits per heavy atom. The van der Waals surface area contributed by atoms with Crippen LogP contribution in [-0.4, -0.2) is 63.9 Å². The van der Waals surface area contributed by atoms with Crippen LogP contribution in [0.5, 0.6) is 0 Å². The molecule has 1 unspecified atom stereocenters. The Kier molecular flexibility index (Phi) is 10.6. The number of allylic oxidation sites excluding steroid dienone is 1. The molecule has 0 aliphatic carbocycles. The third kappa shape index (κ3) is 7.46. The minimum atomic E-state index is -0.854. The van der Waals surface area contributed by atoms with Gasteiger partial charge in [-0.1, -0.05) is 29.8 Å². The molecule has 0 aromatic heterocycles. The molecule has 0 saturated carbocycles. The first kappa shape index (κ1) is 27.7. The van der Waals surface area contributed by atoms with Gasteiger partial charge >= 0.3 is 18.0 Å². The van der Waals surface area contributed by atoms with E-state index in [2.05, 4.69) is 16.0 Å². The van der Waals surface area contributed by atoms with Crippen molar-refractivity contribution >= 4 is 35.5 Å². The van der Waals surface area contributed by atoms with E-state index in [0.717, 1.165) is 0 Å².